The maximum absolute atomic E-state index is 13.6. The van der Waals surface area contributed by atoms with Crippen molar-refractivity contribution in [3.63, 3.8) is 0 Å². The van der Waals surface area contributed by atoms with Crippen molar-refractivity contribution in [1.82, 2.24) is 10.3 Å². The molecule has 4 heteroatoms. The van der Waals surface area contributed by atoms with E-state index in [1.807, 2.05) is 4.90 Å². The standard InChI is InChI=1S/C11H14FN3/c1-2-9-3-4-10(11(12)14-9)15-7-5-13-6-8-15/h2-4,13H,1,5-8H2. The molecule has 1 aromatic rings. The predicted molar refractivity (Wildman–Crippen MR) is 59.4 cm³/mol. The first-order chi connectivity index (χ1) is 7.31. The number of pyridine rings is 1. The van der Waals surface area contributed by atoms with Crippen molar-refractivity contribution in [3.05, 3.63) is 30.4 Å². The van der Waals surface area contributed by atoms with Crippen LogP contribution in [0.2, 0.25) is 0 Å². The Kier molecular flexibility index (Phi) is 2.97. The highest BCUT2D eigenvalue weighted by Crippen LogP contribution is 2.18. The van der Waals surface area contributed by atoms with Crippen molar-refractivity contribution in [2.75, 3.05) is 31.1 Å². The summed E-state index contributed by atoms with van der Waals surface area (Å²) in [6.45, 7) is 7.00. The highest BCUT2D eigenvalue weighted by molar-refractivity contribution is 5.51. The molecular formula is C11H14FN3. The molecule has 2 rings (SSSR count). The van der Waals surface area contributed by atoms with Gasteiger partial charge in [0, 0.05) is 26.2 Å². The number of hydrogen-bond acceptors (Lipinski definition) is 3. The van der Waals surface area contributed by atoms with Crippen molar-refractivity contribution >= 4 is 11.8 Å². The fourth-order valence-electron chi connectivity index (χ4n) is 1.70. The van der Waals surface area contributed by atoms with Crippen LogP contribution in [0, 0.1) is 5.95 Å². The molecule has 0 saturated carbocycles. The van der Waals surface area contributed by atoms with Crippen LogP contribution in [0.15, 0.2) is 18.7 Å². The summed E-state index contributed by atoms with van der Waals surface area (Å²) in [6.07, 6.45) is 1.55. The van der Waals surface area contributed by atoms with Gasteiger partial charge >= 0.3 is 0 Å². The van der Waals surface area contributed by atoms with Gasteiger partial charge in [0.1, 0.15) is 0 Å². The van der Waals surface area contributed by atoms with Crippen LogP contribution >= 0.6 is 0 Å². The highest BCUT2D eigenvalue weighted by atomic mass is 19.1. The number of hydrogen-bond donors (Lipinski definition) is 1. The topological polar surface area (TPSA) is 28.2 Å². The fourth-order valence-corrected chi connectivity index (χ4v) is 1.70. The van der Waals surface area contributed by atoms with Crippen LogP contribution in [0.4, 0.5) is 10.1 Å². The zero-order chi connectivity index (χ0) is 10.7. The van der Waals surface area contributed by atoms with Gasteiger partial charge < -0.3 is 10.2 Å². The molecule has 1 aliphatic rings. The van der Waals surface area contributed by atoms with E-state index in [4.69, 9.17) is 0 Å². The molecule has 3 nitrogen and oxygen atoms in total. The first-order valence-corrected chi connectivity index (χ1v) is 5.06. The second-order valence-electron chi connectivity index (χ2n) is 3.49. The van der Waals surface area contributed by atoms with Crippen molar-refractivity contribution in [3.8, 4) is 0 Å². The Morgan fingerprint density at radius 3 is 2.73 bits per heavy atom. The summed E-state index contributed by atoms with van der Waals surface area (Å²) in [5, 5.41) is 3.23. The Balaban J connectivity index is 2.23. The molecule has 1 aromatic heterocycles. The molecule has 0 spiro atoms. The Bertz CT molecular complexity index is 359. The molecule has 0 aliphatic carbocycles. The molecule has 0 aromatic carbocycles. The Hall–Kier alpha value is -1.42. The van der Waals surface area contributed by atoms with Crippen molar-refractivity contribution in [2.45, 2.75) is 0 Å². The molecule has 2 heterocycles. The third-order valence-electron chi connectivity index (χ3n) is 2.52. The van der Waals surface area contributed by atoms with E-state index in [9.17, 15) is 4.39 Å². The molecule has 1 N–H and O–H groups in total. The van der Waals surface area contributed by atoms with Gasteiger partial charge in [-0.1, -0.05) is 6.58 Å². The average Bonchev–Trinajstić information content (AvgIpc) is 2.30. The summed E-state index contributed by atoms with van der Waals surface area (Å²) in [4.78, 5) is 5.83. The third kappa shape index (κ3) is 2.15. The largest absolute Gasteiger partial charge is 0.365 e. The van der Waals surface area contributed by atoms with Gasteiger partial charge in [-0.2, -0.15) is 4.39 Å². The second-order valence-corrected chi connectivity index (χ2v) is 3.49. The van der Waals surface area contributed by atoms with Crippen LogP contribution < -0.4 is 10.2 Å². The smallest absolute Gasteiger partial charge is 0.236 e. The van der Waals surface area contributed by atoms with Crippen LogP contribution in [-0.2, 0) is 0 Å². The molecule has 1 fully saturated rings. The van der Waals surface area contributed by atoms with Crippen molar-refractivity contribution in [1.29, 1.82) is 0 Å². The Labute approximate surface area is 88.6 Å². The number of rotatable bonds is 2. The fraction of sp³-hybridized carbons (Fsp3) is 0.364. The minimum atomic E-state index is -0.408. The summed E-state index contributed by atoms with van der Waals surface area (Å²) < 4.78 is 13.6. The van der Waals surface area contributed by atoms with Gasteiger partial charge in [0.15, 0.2) is 0 Å². The van der Waals surface area contributed by atoms with Crippen molar-refractivity contribution in [2.24, 2.45) is 0 Å². The van der Waals surface area contributed by atoms with E-state index in [2.05, 4.69) is 16.9 Å². The normalized spacial score (nSPS) is 16.5. The van der Waals surface area contributed by atoms with Crippen LogP contribution in [0.5, 0.6) is 0 Å². The van der Waals surface area contributed by atoms with E-state index in [0.29, 0.717) is 11.4 Å². The lowest BCUT2D eigenvalue weighted by atomic mass is 10.2. The molecule has 1 saturated heterocycles. The summed E-state index contributed by atoms with van der Waals surface area (Å²) in [5.41, 5.74) is 1.16. The van der Waals surface area contributed by atoms with E-state index in [-0.39, 0.29) is 0 Å². The summed E-state index contributed by atoms with van der Waals surface area (Å²) >= 11 is 0. The number of aromatic nitrogens is 1. The van der Waals surface area contributed by atoms with E-state index in [0.717, 1.165) is 26.2 Å². The molecule has 0 amide bonds. The molecule has 0 unspecified atom stereocenters. The Morgan fingerprint density at radius 2 is 2.13 bits per heavy atom. The molecule has 0 atom stereocenters. The van der Waals surface area contributed by atoms with Gasteiger partial charge in [0.2, 0.25) is 5.95 Å². The Morgan fingerprint density at radius 1 is 1.40 bits per heavy atom. The van der Waals surface area contributed by atoms with Crippen LogP contribution in [-0.4, -0.2) is 31.2 Å². The molecule has 0 radical (unpaired) electrons. The zero-order valence-corrected chi connectivity index (χ0v) is 8.54. The van der Waals surface area contributed by atoms with Gasteiger partial charge in [-0.3, -0.25) is 0 Å². The minimum Gasteiger partial charge on any atom is -0.365 e. The summed E-state index contributed by atoms with van der Waals surface area (Å²) in [5.74, 6) is -0.408. The van der Waals surface area contributed by atoms with Crippen LogP contribution in [0.1, 0.15) is 5.69 Å². The van der Waals surface area contributed by atoms with E-state index in [1.165, 1.54) is 0 Å². The molecule has 1 aliphatic heterocycles. The van der Waals surface area contributed by atoms with E-state index >= 15 is 0 Å². The van der Waals surface area contributed by atoms with E-state index < -0.39 is 5.95 Å². The molecule has 15 heavy (non-hydrogen) atoms. The number of nitrogens with one attached hydrogen (secondary N) is 1. The first-order valence-electron chi connectivity index (χ1n) is 5.06. The third-order valence-corrected chi connectivity index (χ3v) is 2.52. The van der Waals surface area contributed by atoms with Crippen molar-refractivity contribution < 1.29 is 4.39 Å². The molecule has 0 bridgehead atoms. The lowest BCUT2D eigenvalue weighted by molar-refractivity contribution is 0.547. The summed E-state index contributed by atoms with van der Waals surface area (Å²) in [6, 6.07) is 3.55. The minimum absolute atomic E-state index is 0.408. The zero-order valence-electron chi connectivity index (χ0n) is 8.54. The molecular weight excluding hydrogens is 193 g/mol. The predicted octanol–water partition coefficient (Wildman–Crippen LogP) is 1.27. The van der Waals surface area contributed by atoms with Gasteiger partial charge in [-0.05, 0) is 18.2 Å². The quantitative estimate of drug-likeness (QED) is 0.740. The van der Waals surface area contributed by atoms with Gasteiger partial charge in [0.05, 0.1) is 11.4 Å². The average molecular weight is 207 g/mol. The highest BCUT2D eigenvalue weighted by Gasteiger charge is 2.14. The van der Waals surface area contributed by atoms with Gasteiger partial charge in [-0.15, -0.1) is 0 Å². The lowest BCUT2D eigenvalue weighted by Crippen LogP contribution is -2.44. The SMILES string of the molecule is C=Cc1ccc(N2CCNCC2)c(F)n1. The second kappa shape index (κ2) is 4.40. The van der Waals surface area contributed by atoms with Crippen LogP contribution in [0.25, 0.3) is 6.08 Å². The van der Waals surface area contributed by atoms with Gasteiger partial charge in [-0.25, -0.2) is 4.98 Å². The molecule has 80 valence electrons. The number of halogens is 1. The maximum Gasteiger partial charge on any atom is 0.236 e. The number of piperazine rings is 1. The van der Waals surface area contributed by atoms with E-state index in [1.54, 1.807) is 18.2 Å². The number of anilines is 1. The maximum atomic E-state index is 13.6. The lowest BCUT2D eigenvalue weighted by Gasteiger charge is -2.29. The summed E-state index contributed by atoms with van der Waals surface area (Å²) in [7, 11) is 0. The first kappa shape index (κ1) is 10.1. The van der Waals surface area contributed by atoms with Crippen LogP contribution in [0.3, 0.4) is 0 Å². The monoisotopic (exact) mass is 207 g/mol. The van der Waals surface area contributed by atoms with Gasteiger partial charge in [0.25, 0.3) is 0 Å². The number of nitrogens with zero attached hydrogens (tertiary/aromatic N) is 2.